The molecule has 0 fully saturated rings. The number of esters is 3. The molecule has 0 bridgehead atoms. The molecule has 0 rings (SSSR count). The van der Waals surface area contributed by atoms with Crippen molar-refractivity contribution >= 4 is 17.9 Å². The highest BCUT2D eigenvalue weighted by atomic mass is 16.6. The summed E-state index contributed by atoms with van der Waals surface area (Å²) in [5.41, 5.74) is 0. The van der Waals surface area contributed by atoms with Crippen LogP contribution in [0.25, 0.3) is 0 Å². The number of hydrogen-bond acceptors (Lipinski definition) is 6. The van der Waals surface area contributed by atoms with Crippen LogP contribution in [0.2, 0.25) is 0 Å². The summed E-state index contributed by atoms with van der Waals surface area (Å²) in [4.78, 5) is 38.5. The minimum atomic E-state index is -0.783. The first-order chi connectivity index (χ1) is 40.0. The second-order valence-corrected chi connectivity index (χ2v) is 24.1. The van der Waals surface area contributed by atoms with E-state index in [-0.39, 0.29) is 31.1 Å². The summed E-state index contributed by atoms with van der Waals surface area (Å²) in [7, 11) is 0. The lowest BCUT2D eigenvalue weighted by Gasteiger charge is -2.18. The molecule has 0 heterocycles. The summed E-state index contributed by atoms with van der Waals surface area (Å²) in [5, 5.41) is 0. The molecule has 472 valence electrons. The Morgan fingerprint density at radius 2 is 0.481 bits per heavy atom. The van der Waals surface area contributed by atoms with E-state index in [0.29, 0.717) is 19.3 Å². The van der Waals surface area contributed by atoms with Crippen LogP contribution in [0.15, 0.2) is 60.8 Å². The third kappa shape index (κ3) is 67.8. The molecule has 0 amide bonds. The summed E-state index contributed by atoms with van der Waals surface area (Å²) in [6.45, 7) is 6.57. The van der Waals surface area contributed by atoms with Gasteiger partial charge in [0.1, 0.15) is 13.2 Å². The van der Waals surface area contributed by atoms with E-state index in [4.69, 9.17) is 14.2 Å². The first kappa shape index (κ1) is 78.1. The lowest BCUT2D eigenvalue weighted by molar-refractivity contribution is -0.167. The number of hydrogen-bond donors (Lipinski definition) is 0. The van der Waals surface area contributed by atoms with Crippen LogP contribution in [0.4, 0.5) is 0 Å². The summed E-state index contributed by atoms with van der Waals surface area (Å²) in [5.74, 6) is -0.874. The van der Waals surface area contributed by atoms with Gasteiger partial charge in [0.2, 0.25) is 0 Å². The molecule has 6 nitrogen and oxygen atoms in total. The van der Waals surface area contributed by atoms with Crippen molar-refractivity contribution in [3.63, 3.8) is 0 Å². The van der Waals surface area contributed by atoms with Crippen molar-refractivity contribution in [3.05, 3.63) is 60.8 Å². The Morgan fingerprint density at radius 3 is 0.765 bits per heavy atom. The highest BCUT2D eigenvalue weighted by Gasteiger charge is 2.19. The maximum absolute atomic E-state index is 13.0. The van der Waals surface area contributed by atoms with Crippen LogP contribution in [0.5, 0.6) is 0 Å². The van der Waals surface area contributed by atoms with Gasteiger partial charge in [-0.1, -0.05) is 319 Å². The quantitative estimate of drug-likeness (QED) is 0.0261. The Hall–Kier alpha value is -2.89. The van der Waals surface area contributed by atoms with E-state index in [1.54, 1.807) is 0 Å². The number of allylic oxidation sites excluding steroid dienone is 10. The average Bonchev–Trinajstić information content (AvgIpc) is 3.47. The molecule has 0 N–H and O–H groups in total. The lowest BCUT2D eigenvalue weighted by Crippen LogP contribution is -2.30. The summed E-state index contributed by atoms with van der Waals surface area (Å²) >= 11 is 0. The van der Waals surface area contributed by atoms with Crippen molar-refractivity contribution in [2.45, 2.75) is 386 Å². The molecule has 0 spiro atoms. The van der Waals surface area contributed by atoms with E-state index >= 15 is 0 Å². The largest absolute Gasteiger partial charge is 0.462 e. The van der Waals surface area contributed by atoms with Crippen LogP contribution >= 0.6 is 0 Å². The average molecular weight is 1130 g/mol. The predicted octanol–water partition coefficient (Wildman–Crippen LogP) is 24.7. The van der Waals surface area contributed by atoms with Crippen LogP contribution in [-0.4, -0.2) is 37.2 Å². The zero-order chi connectivity index (χ0) is 58.5. The molecule has 0 aromatic carbocycles. The van der Waals surface area contributed by atoms with Gasteiger partial charge < -0.3 is 14.2 Å². The van der Waals surface area contributed by atoms with Crippen LogP contribution in [0.3, 0.4) is 0 Å². The van der Waals surface area contributed by atoms with E-state index in [1.807, 2.05) is 0 Å². The van der Waals surface area contributed by atoms with Gasteiger partial charge in [-0.3, -0.25) is 14.4 Å². The number of ether oxygens (including phenoxy) is 3. The lowest BCUT2D eigenvalue weighted by atomic mass is 10.0. The number of carbonyl (C=O) groups is 3. The zero-order valence-electron chi connectivity index (χ0n) is 54.3. The van der Waals surface area contributed by atoms with E-state index < -0.39 is 6.10 Å². The SMILES string of the molecule is CC/C=C\C/C=C\C/C=C\CCCCCCCC(=O)OCC(COC(=O)CCCCCCCCCCCCCCCCC/C=C\CCCCCCCCCC)OC(=O)CCCCCCCCCCC/C=C\CCCCCCCCCC. The number of rotatable bonds is 66. The molecule has 0 aliphatic rings. The molecule has 6 heteroatoms. The van der Waals surface area contributed by atoms with Crippen LogP contribution in [0.1, 0.15) is 380 Å². The minimum Gasteiger partial charge on any atom is -0.462 e. The first-order valence-electron chi connectivity index (χ1n) is 35.8. The van der Waals surface area contributed by atoms with Crippen molar-refractivity contribution in [2.24, 2.45) is 0 Å². The molecule has 0 radical (unpaired) electrons. The minimum absolute atomic E-state index is 0.0776. The van der Waals surface area contributed by atoms with E-state index in [0.717, 1.165) is 96.3 Å². The van der Waals surface area contributed by atoms with E-state index in [2.05, 4.69) is 81.5 Å². The van der Waals surface area contributed by atoms with Gasteiger partial charge in [0, 0.05) is 19.3 Å². The Morgan fingerprint density at radius 1 is 0.259 bits per heavy atom. The van der Waals surface area contributed by atoms with Gasteiger partial charge in [-0.25, -0.2) is 0 Å². The molecular formula is C75H136O6. The van der Waals surface area contributed by atoms with Crippen molar-refractivity contribution < 1.29 is 28.6 Å². The summed E-state index contributed by atoms with van der Waals surface area (Å²) < 4.78 is 17.0. The maximum atomic E-state index is 13.0. The monoisotopic (exact) mass is 1130 g/mol. The fourth-order valence-corrected chi connectivity index (χ4v) is 10.6. The second kappa shape index (κ2) is 69.6. The van der Waals surface area contributed by atoms with Gasteiger partial charge in [0.25, 0.3) is 0 Å². The van der Waals surface area contributed by atoms with E-state index in [9.17, 15) is 14.4 Å². The number of carbonyl (C=O) groups excluding carboxylic acids is 3. The van der Waals surface area contributed by atoms with E-state index in [1.165, 1.54) is 244 Å². The molecule has 1 atom stereocenters. The van der Waals surface area contributed by atoms with Crippen LogP contribution < -0.4 is 0 Å². The molecule has 1 unspecified atom stereocenters. The normalized spacial score (nSPS) is 12.4. The van der Waals surface area contributed by atoms with Gasteiger partial charge in [-0.2, -0.15) is 0 Å². The zero-order valence-corrected chi connectivity index (χ0v) is 54.3. The molecule has 81 heavy (non-hydrogen) atoms. The molecule has 0 saturated carbocycles. The highest BCUT2D eigenvalue weighted by molar-refractivity contribution is 5.71. The van der Waals surface area contributed by atoms with Crippen LogP contribution in [0, 0.1) is 0 Å². The molecule has 0 aliphatic heterocycles. The van der Waals surface area contributed by atoms with Crippen molar-refractivity contribution in [2.75, 3.05) is 13.2 Å². The third-order valence-corrected chi connectivity index (χ3v) is 16.0. The molecular weight excluding hydrogens is 997 g/mol. The molecule has 0 aromatic rings. The summed E-state index contributed by atoms with van der Waals surface area (Å²) in [6.07, 6.45) is 89.7. The standard InChI is InChI=1S/C75H136O6/c1-4-7-10-13-16-19-22-25-28-30-32-34-35-36-37-38-39-41-42-44-47-50-53-56-59-62-65-68-74(77)80-71-72(70-79-73(76)67-64-61-58-55-52-49-46-27-24-21-18-15-12-9-6-3)81-75(78)69-66-63-60-57-54-51-48-45-43-40-33-31-29-26-23-20-17-14-11-8-5-2/h9,12,18,21,27,30-33,46,72H,4-8,10-11,13-17,19-20,22-26,28-29,34-45,47-71H2,1-3H3/b12-9-,21-18-,32-30-,33-31-,46-27-. The van der Waals surface area contributed by atoms with Crippen LogP contribution in [-0.2, 0) is 28.6 Å². The van der Waals surface area contributed by atoms with Gasteiger partial charge >= 0.3 is 17.9 Å². The highest BCUT2D eigenvalue weighted by Crippen LogP contribution is 2.18. The van der Waals surface area contributed by atoms with Gasteiger partial charge in [-0.05, 0) is 103 Å². The molecule has 0 saturated heterocycles. The summed E-state index contributed by atoms with van der Waals surface area (Å²) in [6, 6.07) is 0. The number of unbranched alkanes of at least 4 members (excludes halogenated alkanes) is 45. The Bertz CT molecular complexity index is 1440. The fourth-order valence-electron chi connectivity index (χ4n) is 10.6. The Labute approximate surface area is 504 Å². The van der Waals surface area contributed by atoms with Crippen molar-refractivity contribution in [3.8, 4) is 0 Å². The third-order valence-electron chi connectivity index (χ3n) is 16.0. The fraction of sp³-hybridized carbons (Fsp3) is 0.827. The topological polar surface area (TPSA) is 78.9 Å². The van der Waals surface area contributed by atoms with Crippen molar-refractivity contribution in [1.29, 1.82) is 0 Å². The first-order valence-corrected chi connectivity index (χ1v) is 35.8. The second-order valence-electron chi connectivity index (χ2n) is 24.1. The smallest absolute Gasteiger partial charge is 0.306 e. The molecule has 0 aliphatic carbocycles. The van der Waals surface area contributed by atoms with Gasteiger partial charge in [0.05, 0.1) is 0 Å². The Kier molecular flexibility index (Phi) is 67.1. The Balaban J connectivity index is 4.27. The van der Waals surface area contributed by atoms with Gasteiger partial charge in [-0.15, -0.1) is 0 Å². The predicted molar refractivity (Wildman–Crippen MR) is 353 cm³/mol. The van der Waals surface area contributed by atoms with Gasteiger partial charge in [0.15, 0.2) is 6.10 Å². The molecule has 0 aromatic heterocycles. The van der Waals surface area contributed by atoms with Crippen molar-refractivity contribution in [1.82, 2.24) is 0 Å². The maximum Gasteiger partial charge on any atom is 0.306 e.